The van der Waals surface area contributed by atoms with E-state index in [4.69, 9.17) is 4.74 Å². The molecule has 5 heteroatoms. The Morgan fingerprint density at radius 3 is 2.76 bits per heavy atom. The largest absolute Gasteiger partial charge is 0.497 e. The third-order valence-corrected chi connectivity index (χ3v) is 7.10. The minimum atomic E-state index is -0.677. The van der Waals surface area contributed by atoms with Crippen LogP contribution in [0.25, 0.3) is 10.9 Å². The summed E-state index contributed by atoms with van der Waals surface area (Å²) in [5.41, 5.74) is 4.68. The summed E-state index contributed by atoms with van der Waals surface area (Å²) >= 11 is 0. The molecular formula is C29H34N2O3. The Morgan fingerprint density at radius 2 is 2.03 bits per heavy atom. The summed E-state index contributed by atoms with van der Waals surface area (Å²) in [5.74, 6) is 0.0132. The predicted octanol–water partition coefficient (Wildman–Crippen LogP) is 5.74. The second-order valence-corrected chi connectivity index (χ2v) is 9.13. The van der Waals surface area contributed by atoms with Crippen molar-refractivity contribution < 1.29 is 14.6 Å². The van der Waals surface area contributed by atoms with E-state index in [9.17, 15) is 9.90 Å². The zero-order valence-corrected chi connectivity index (χ0v) is 20.1. The maximum Gasteiger partial charge on any atom is 0.308 e. The first-order chi connectivity index (χ1) is 16.6. The van der Waals surface area contributed by atoms with Crippen molar-refractivity contribution in [2.24, 2.45) is 11.8 Å². The minimum absolute atomic E-state index is 0.200. The molecule has 34 heavy (non-hydrogen) atoms. The Balaban J connectivity index is 1.39. The number of hydrogen-bond donors (Lipinski definition) is 1. The van der Waals surface area contributed by atoms with E-state index in [2.05, 4.69) is 46.3 Å². The number of carboxylic acid groups (broad SMARTS) is 1. The van der Waals surface area contributed by atoms with Gasteiger partial charge in [-0.15, -0.1) is 0 Å². The van der Waals surface area contributed by atoms with Crippen LogP contribution in [0.1, 0.15) is 37.3 Å². The van der Waals surface area contributed by atoms with Crippen molar-refractivity contribution >= 4 is 16.9 Å². The summed E-state index contributed by atoms with van der Waals surface area (Å²) < 4.78 is 5.39. The molecule has 1 saturated heterocycles. The van der Waals surface area contributed by atoms with Crippen LogP contribution in [0.15, 0.2) is 72.6 Å². The molecule has 1 aliphatic heterocycles. The van der Waals surface area contributed by atoms with Crippen LogP contribution in [0.5, 0.6) is 5.75 Å². The Kier molecular flexibility index (Phi) is 7.84. The van der Waals surface area contributed by atoms with Crippen molar-refractivity contribution in [2.75, 3.05) is 20.2 Å². The number of ether oxygens (including phenoxy) is 1. The highest BCUT2D eigenvalue weighted by Crippen LogP contribution is 2.32. The monoisotopic (exact) mass is 458 g/mol. The number of piperidine rings is 1. The average Bonchev–Trinajstić information content (AvgIpc) is 2.87. The summed E-state index contributed by atoms with van der Waals surface area (Å²) in [4.78, 5) is 18.9. The van der Waals surface area contributed by atoms with Crippen molar-refractivity contribution in [1.29, 1.82) is 0 Å². The fourth-order valence-electron chi connectivity index (χ4n) is 5.17. The van der Waals surface area contributed by atoms with Crippen molar-refractivity contribution in [3.63, 3.8) is 0 Å². The predicted molar refractivity (Wildman–Crippen MR) is 136 cm³/mol. The van der Waals surface area contributed by atoms with E-state index in [-0.39, 0.29) is 11.8 Å². The first-order valence-corrected chi connectivity index (χ1v) is 12.2. The Hall–Kier alpha value is -3.34. The number of pyridine rings is 1. The molecule has 3 aromatic rings. The fraction of sp³-hybridized carbons (Fsp3) is 0.379. The number of aromatic nitrogens is 1. The lowest BCUT2D eigenvalue weighted by atomic mass is 9.81. The number of methoxy groups -OCH3 is 1. The topological polar surface area (TPSA) is 62.7 Å². The van der Waals surface area contributed by atoms with Crippen LogP contribution < -0.4 is 4.74 Å². The summed E-state index contributed by atoms with van der Waals surface area (Å²) in [6.07, 6.45) is 8.53. The smallest absolute Gasteiger partial charge is 0.308 e. The number of rotatable bonds is 9. The maximum atomic E-state index is 12.2. The third kappa shape index (κ3) is 5.58. The quantitative estimate of drug-likeness (QED) is 0.443. The molecule has 5 nitrogen and oxygen atoms in total. The molecule has 0 amide bonds. The highest BCUT2D eigenvalue weighted by atomic mass is 16.5. The second-order valence-electron chi connectivity index (χ2n) is 9.13. The number of aliphatic carboxylic acids is 1. The summed E-state index contributed by atoms with van der Waals surface area (Å²) in [6.45, 7) is 3.55. The number of allylic oxidation sites excluding steroid dienone is 2. The van der Waals surface area contributed by atoms with Gasteiger partial charge >= 0.3 is 5.97 Å². The Bertz CT molecular complexity index is 1140. The van der Waals surface area contributed by atoms with Crippen LogP contribution in [0, 0.1) is 11.8 Å². The number of likely N-dealkylation sites (tertiary alicyclic amines) is 1. The summed E-state index contributed by atoms with van der Waals surface area (Å²) in [5, 5.41) is 11.1. The minimum Gasteiger partial charge on any atom is -0.497 e. The van der Waals surface area contributed by atoms with Gasteiger partial charge in [-0.25, -0.2) is 0 Å². The molecule has 0 unspecified atom stereocenters. The van der Waals surface area contributed by atoms with E-state index in [0.717, 1.165) is 55.3 Å². The van der Waals surface area contributed by atoms with E-state index < -0.39 is 5.97 Å². The number of hydrogen-bond acceptors (Lipinski definition) is 4. The van der Waals surface area contributed by atoms with Crippen LogP contribution in [0.4, 0.5) is 0 Å². The van der Waals surface area contributed by atoms with Gasteiger partial charge in [0, 0.05) is 36.8 Å². The molecule has 0 bridgehead atoms. The highest BCUT2D eigenvalue weighted by molar-refractivity contribution is 5.83. The number of carboxylic acids is 1. The first kappa shape index (κ1) is 23.8. The van der Waals surface area contributed by atoms with Gasteiger partial charge in [0.25, 0.3) is 0 Å². The Morgan fingerprint density at radius 1 is 1.21 bits per heavy atom. The lowest BCUT2D eigenvalue weighted by molar-refractivity contribution is -0.145. The van der Waals surface area contributed by atoms with Crippen LogP contribution in [-0.4, -0.2) is 41.2 Å². The molecule has 2 heterocycles. The molecule has 0 aliphatic carbocycles. The number of benzene rings is 2. The molecular weight excluding hydrogens is 424 g/mol. The number of fused-ring (bicyclic) bond motifs is 1. The molecule has 0 radical (unpaired) electrons. The van der Waals surface area contributed by atoms with Gasteiger partial charge in [-0.05, 0) is 73.9 Å². The van der Waals surface area contributed by atoms with Gasteiger partial charge in [-0.2, -0.15) is 0 Å². The molecule has 0 saturated carbocycles. The maximum absolute atomic E-state index is 12.2. The van der Waals surface area contributed by atoms with E-state index in [1.54, 1.807) is 7.11 Å². The molecule has 0 spiro atoms. The molecule has 178 valence electrons. The van der Waals surface area contributed by atoms with E-state index in [0.29, 0.717) is 6.54 Å². The van der Waals surface area contributed by atoms with Crippen molar-refractivity contribution in [3.8, 4) is 5.75 Å². The lowest BCUT2D eigenvalue weighted by Crippen LogP contribution is -2.43. The van der Waals surface area contributed by atoms with Crippen LogP contribution in [-0.2, 0) is 17.6 Å². The molecule has 1 aliphatic rings. The number of carbonyl (C=O) groups is 1. The zero-order chi connectivity index (χ0) is 23.9. The Labute approximate surface area is 202 Å². The zero-order valence-electron chi connectivity index (χ0n) is 20.1. The second kappa shape index (κ2) is 11.2. The number of aryl methyl sites for hydroxylation is 1. The van der Waals surface area contributed by atoms with Crippen LogP contribution in [0.2, 0.25) is 0 Å². The van der Waals surface area contributed by atoms with Gasteiger partial charge in [-0.3, -0.25) is 9.78 Å². The van der Waals surface area contributed by atoms with Crippen LogP contribution in [0.3, 0.4) is 0 Å². The van der Waals surface area contributed by atoms with Crippen LogP contribution >= 0.6 is 0 Å². The lowest BCUT2D eigenvalue weighted by Gasteiger charge is -2.39. The first-order valence-electron chi connectivity index (χ1n) is 12.2. The van der Waals surface area contributed by atoms with Crippen molar-refractivity contribution in [2.45, 2.75) is 39.0 Å². The molecule has 4 rings (SSSR count). The molecule has 1 fully saturated rings. The fourth-order valence-corrected chi connectivity index (χ4v) is 5.17. The molecule has 2 aromatic carbocycles. The van der Waals surface area contributed by atoms with E-state index in [1.807, 2.05) is 37.4 Å². The van der Waals surface area contributed by atoms with Gasteiger partial charge in [-0.1, -0.05) is 36.4 Å². The third-order valence-electron chi connectivity index (χ3n) is 7.10. The van der Waals surface area contributed by atoms with Gasteiger partial charge in [0.05, 0.1) is 18.5 Å². The van der Waals surface area contributed by atoms with E-state index >= 15 is 0 Å². The SMILES string of the molecule is CC=C(Cc1ccccc1)N1CC[C@@H](CCCc2ccnc3ccc(OC)cc23)[C@@H](C(=O)O)C1. The van der Waals surface area contributed by atoms with Gasteiger partial charge in [0.2, 0.25) is 0 Å². The van der Waals surface area contributed by atoms with Gasteiger partial charge < -0.3 is 14.7 Å². The molecule has 1 N–H and O–H groups in total. The average molecular weight is 459 g/mol. The van der Waals surface area contributed by atoms with E-state index in [1.165, 1.54) is 16.8 Å². The van der Waals surface area contributed by atoms with Gasteiger partial charge in [0.1, 0.15) is 5.75 Å². The number of nitrogens with zero attached hydrogens (tertiary/aromatic N) is 2. The highest BCUT2D eigenvalue weighted by Gasteiger charge is 2.34. The van der Waals surface area contributed by atoms with Gasteiger partial charge in [0.15, 0.2) is 0 Å². The molecule has 1 aromatic heterocycles. The van der Waals surface area contributed by atoms with Crippen molar-refractivity contribution in [1.82, 2.24) is 9.88 Å². The normalized spacial score (nSPS) is 18.8. The molecule has 2 atom stereocenters. The standard InChI is InChI=1S/C29H34N2O3/c1-3-24(18-21-8-5-4-6-9-21)31-17-15-23(27(20-31)29(32)33)11-7-10-22-14-16-30-28-13-12-25(34-2)19-26(22)28/h3-6,8-9,12-14,16,19,23,27H,7,10-11,15,17-18,20H2,1-2H3,(H,32,33)/t23-,27+/m1/s1. The summed E-state index contributed by atoms with van der Waals surface area (Å²) in [7, 11) is 1.68. The summed E-state index contributed by atoms with van der Waals surface area (Å²) in [6, 6.07) is 18.4. The van der Waals surface area contributed by atoms with Crippen molar-refractivity contribution in [3.05, 3.63) is 83.7 Å².